The highest BCUT2D eigenvalue weighted by Crippen LogP contribution is 2.39. The minimum atomic E-state index is -0.175. The van der Waals surface area contributed by atoms with Crippen LogP contribution in [0.1, 0.15) is 30.7 Å². The van der Waals surface area contributed by atoms with Crippen LogP contribution in [-0.4, -0.2) is 29.7 Å². The van der Waals surface area contributed by atoms with Crippen molar-refractivity contribution in [1.29, 1.82) is 0 Å². The lowest BCUT2D eigenvalue weighted by molar-refractivity contribution is 0.395. The molecule has 8 heteroatoms. The van der Waals surface area contributed by atoms with Gasteiger partial charge in [-0.2, -0.15) is 15.0 Å². The van der Waals surface area contributed by atoms with E-state index in [0.29, 0.717) is 5.56 Å². The Kier molecular flexibility index (Phi) is 3.13. The molecular formula is C13H16N6O2. The van der Waals surface area contributed by atoms with Crippen molar-refractivity contribution in [2.75, 3.05) is 11.5 Å². The first-order valence-corrected chi connectivity index (χ1v) is 6.64. The number of aromatic hydroxyl groups is 2. The Morgan fingerprint density at radius 1 is 1.14 bits per heavy atom. The van der Waals surface area contributed by atoms with Gasteiger partial charge in [0.1, 0.15) is 0 Å². The average molecular weight is 288 g/mol. The van der Waals surface area contributed by atoms with Gasteiger partial charge in [-0.25, -0.2) is 4.57 Å². The number of rotatable bonds is 2. The van der Waals surface area contributed by atoms with Gasteiger partial charge in [-0.1, -0.05) is 12.2 Å². The van der Waals surface area contributed by atoms with Crippen LogP contribution in [0.15, 0.2) is 18.2 Å². The molecular weight excluding hydrogens is 272 g/mol. The minimum Gasteiger partial charge on any atom is -0.494 e. The second kappa shape index (κ2) is 4.97. The summed E-state index contributed by atoms with van der Waals surface area (Å²) >= 11 is 0. The van der Waals surface area contributed by atoms with Gasteiger partial charge >= 0.3 is 0 Å². The molecule has 1 aliphatic carbocycles. The van der Waals surface area contributed by atoms with E-state index in [2.05, 4.69) is 21.0 Å². The summed E-state index contributed by atoms with van der Waals surface area (Å²) in [6, 6.07) is 1.51. The molecule has 0 saturated heterocycles. The Hall–Kier alpha value is -2.77. The van der Waals surface area contributed by atoms with Gasteiger partial charge in [-0.15, -0.1) is 0 Å². The molecule has 21 heavy (non-hydrogen) atoms. The number of nitrogens with zero attached hydrogens (tertiary/aromatic N) is 4. The molecule has 2 heterocycles. The maximum absolute atomic E-state index is 10.4. The molecule has 110 valence electrons. The molecule has 0 aliphatic heterocycles. The van der Waals surface area contributed by atoms with Crippen LogP contribution in [0, 0.1) is 0 Å². The Labute approximate surface area is 120 Å². The molecule has 0 fully saturated rings. The minimum absolute atomic E-state index is 0.0129. The standard InChI is InChI=1S/C13H16N6O2/c14-11-16-12(15)18-13(17-11)19-9(20)6-8(10(19)21)7-4-2-1-3-5-7/h2,4,6-7,20-21H,1,3,5H2,(H4,14,15,16,17,18). The summed E-state index contributed by atoms with van der Waals surface area (Å²) in [5.41, 5.74) is 11.7. The molecule has 0 aromatic carbocycles. The molecule has 0 radical (unpaired) electrons. The van der Waals surface area contributed by atoms with E-state index in [1.54, 1.807) is 0 Å². The number of aromatic nitrogens is 4. The molecule has 0 spiro atoms. The van der Waals surface area contributed by atoms with Gasteiger partial charge in [-0.3, -0.25) is 0 Å². The third kappa shape index (κ3) is 2.35. The lowest BCUT2D eigenvalue weighted by atomic mass is 9.91. The van der Waals surface area contributed by atoms with E-state index in [9.17, 15) is 10.2 Å². The highest BCUT2D eigenvalue weighted by atomic mass is 16.3. The molecule has 1 unspecified atom stereocenters. The number of nitrogens with two attached hydrogens (primary N) is 2. The van der Waals surface area contributed by atoms with Crippen LogP contribution in [0.2, 0.25) is 0 Å². The fourth-order valence-electron chi connectivity index (χ4n) is 2.54. The zero-order valence-corrected chi connectivity index (χ0v) is 11.3. The highest BCUT2D eigenvalue weighted by Gasteiger charge is 2.23. The Bertz CT molecular complexity index is 689. The van der Waals surface area contributed by atoms with E-state index in [-0.39, 0.29) is 35.5 Å². The van der Waals surface area contributed by atoms with Crippen molar-refractivity contribution in [2.24, 2.45) is 0 Å². The first-order valence-electron chi connectivity index (χ1n) is 6.64. The van der Waals surface area contributed by atoms with E-state index in [4.69, 9.17) is 11.5 Å². The second-order valence-corrected chi connectivity index (χ2v) is 4.93. The van der Waals surface area contributed by atoms with E-state index >= 15 is 0 Å². The second-order valence-electron chi connectivity index (χ2n) is 4.93. The Morgan fingerprint density at radius 2 is 1.86 bits per heavy atom. The van der Waals surface area contributed by atoms with Gasteiger partial charge in [0.2, 0.25) is 29.6 Å². The predicted molar refractivity (Wildman–Crippen MR) is 77.0 cm³/mol. The molecule has 3 rings (SSSR count). The molecule has 0 amide bonds. The Morgan fingerprint density at radius 3 is 2.48 bits per heavy atom. The summed E-state index contributed by atoms with van der Waals surface area (Å²) < 4.78 is 1.10. The summed E-state index contributed by atoms with van der Waals surface area (Å²) in [6.07, 6.45) is 7.08. The number of hydrogen-bond donors (Lipinski definition) is 4. The SMILES string of the molecule is Nc1nc(N)nc(-n2c(O)cc(C3C=CCCC3)c2O)n1. The lowest BCUT2D eigenvalue weighted by Crippen LogP contribution is -2.08. The van der Waals surface area contributed by atoms with Crippen LogP contribution in [0.4, 0.5) is 11.9 Å². The monoisotopic (exact) mass is 288 g/mol. The quantitative estimate of drug-likeness (QED) is 0.606. The normalized spacial score (nSPS) is 18.0. The van der Waals surface area contributed by atoms with Gasteiger partial charge in [0, 0.05) is 17.5 Å². The van der Waals surface area contributed by atoms with Crippen LogP contribution in [0.25, 0.3) is 5.95 Å². The fraction of sp³-hybridized carbons (Fsp3) is 0.308. The van der Waals surface area contributed by atoms with Crippen LogP contribution in [0.5, 0.6) is 11.8 Å². The summed E-state index contributed by atoms with van der Waals surface area (Å²) in [5, 5.41) is 20.5. The molecule has 1 atom stereocenters. The molecule has 2 aromatic heterocycles. The van der Waals surface area contributed by atoms with Crippen molar-refractivity contribution in [3.63, 3.8) is 0 Å². The zero-order chi connectivity index (χ0) is 15.0. The first kappa shape index (κ1) is 13.2. The summed E-state index contributed by atoms with van der Waals surface area (Å²) in [4.78, 5) is 11.4. The Balaban J connectivity index is 2.09. The molecule has 6 N–H and O–H groups in total. The molecule has 2 aromatic rings. The van der Waals surface area contributed by atoms with Gasteiger partial charge in [0.05, 0.1) is 0 Å². The van der Waals surface area contributed by atoms with Crippen LogP contribution in [0.3, 0.4) is 0 Å². The number of nitrogen functional groups attached to an aromatic ring is 2. The average Bonchev–Trinajstić information content (AvgIpc) is 2.74. The van der Waals surface area contributed by atoms with Gasteiger partial charge in [0.15, 0.2) is 0 Å². The topological polar surface area (TPSA) is 136 Å². The van der Waals surface area contributed by atoms with Crippen molar-refractivity contribution in [3.05, 3.63) is 23.8 Å². The van der Waals surface area contributed by atoms with Crippen LogP contribution in [-0.2, 0) is 0 Å². The van der Waals surface area contributed by atoms with E-state index < -0.39 is 0 Å². The molecule has 0 bridgehead atoms. The molecule has 1 aliphatic rings. The van der Waals surface area contributed by atoms with Crippen molar-refractivity contribution >= 4 is 11.9 Å². The number of allylic oxidation sites excluding steroid dienone is 2. The summed E-state index contributed by atoms with van der Waals surface area (Å²) in [7, 11) is 0. The highest BCUT2D eigenvalue weighted by molar-refractivity contribution is 5.46. The smallest absolute Gasteiger partial charge is 0.246 e. The van der Waals surface area contributed by atoms with E-state index in [1.807, 2.05) is 6.08 Å². The van der Waals surface area contributed by atoms with E-state index in [1.165, 1.54) is 6.07 Å². The van der Waals surface area contributed by atoms with Gasteiger partial charge < -0.3 is 21.7 Å². The van der Waals surface area contributed by atoms with Gasteiger partial charge in [-0.05, 0) is 19.3 Å². The first-order chi connectivity index (χ1) is 10.1. The third-order valence-electron chi connectivity index (χ3n) is 3.50. The maximum Gasteiger partial charge on any atom is 0.246 e. The molecule has 0 saturated carbocycles. The van der Waals surface area contributed by atoms with Crippen molar-refractivity contribution in [1.82, 2.24) is 19.5 Å². The fourth-order valence-corrected chi connectivity index (χ4v) is 2.54. The van der Waals surface area contributed by atoms with Crippen molar-refractivity contribution < 1.29 is 10.2 Å². The zero-order valence-electron chi connectivity index (χ0n) is 11.3. The molecule has 8 nitrogen and oxygen atoms in total. The predicted octanol–water partition coefficient (Wildman–Crippen LogP) is 1.06. The van der Waals surface area contributed by atoms with Crippen molar-refractivity contribution in [2.45, 2.75) is 25.2 Å². The number of hydrogen-bond acceptors (Lipinski definition) is 7. The maximum atomic E-state index is 10.4. The summed E-state index contributed by atoms with van der Waals surface area (Å²) in [6.45, 7) is 0. The summed E-state index contributed by atoms with van der Waals surface area (Å²) in [5.74, 6) is -0.405. The number of anilines is 2. The van der Waals surface area contributed by atoms with Crippen molar-refractivity contribution in [3.8, 4) is 17.7 Å². The third-order valence-corrected chi connectivity index (χ3v) is 3.50. The van der Waals surface area contributed by atoms with Crippen LogP contribution >= 0.6 is 0 Å². The van der Waals surface area contributed by atoms with Gasteiger partial charge in [0.25, 0.3) is 0 Å². The van der Waals surface area contributed by atoms with E-state index in [0.717, 1.165) is 23.8 Å². The van der Waals surface area contributed by atoms with Crippen LogP contribution < -0.4 is 11.5 Å². The largest absolute Gasteiger partial charge is 0.494 e. The lowest BCUT2D eigenvalue weighted by Gasteiger charge is -2.15.